The molecule has 2 aliphatic heterocycles. The van der Waals surface area contributed by atoms with Crippen LogP contribution in [0.1, 0.15) is 26.7 Å². The van der Waals surface area contributed by atoms with E-state index in [1.165, 1.54) is 4.31 Å². The molecule has 4 atom stereocenters. The number of carbonyl (C=O) groups is 1. The van der Waals surface area contributed by atoms with Crippen LogP contribution >= 0.6 is 0 Å². The van der Waals surface area contributed by atoms with Crippen LogP contribution in [0.2, 0.25) is 0 Å². The van der Waals surface area contributed by atoms with E-state index in [2.05, 4.69) is 0 Å². The summed E-state index contributed by atoms with van der Waals surface area (Å²) in [4.78, 5) is 11.2. The Morgan fingerprint density at radius 2 is 1.65 bits per heavy atom. The molecule has 0 amide bonds. The summed E-state index contributed by atoms with van der Waals surface area (Å²) in [6, 6.07) is -1.16. The smallest absolute Gasteiger partial charge is 0.322 e. The van der Waals surface area contributed by atoms with Gasteiger partial charge in [0.25, 0.3) is 10.2 Å². The van der Waals surface area contributed by atoms with Gasteiger partial charge in [-0.2, -0.15) is 17.0 Å². The number of aliphatic carboxylic acids is 1. The van der Waals surface area contributed by atoms with E-state index in [-0.39, 0.29) is 24.8 Å². The lowest BCUT2D eigenvalue weighted by Crippen LogP contribution is -2.52. The molecule has 7 nitrogen and oxygen atoms in total. The van der Waals surface area contributed by atoms with Crippen molar-refractivity contribution in [2.24, 2.45) is 11.8 Å². The molecule has 0 aliphatic carbocycles. The average Bonchev–Trinajstić information content (AvgIpc) is 2.71. The second kappa shape index (κ2) is 5.59. The lowest BCUT2D eigenvalue weighted by molar-refractivity contribution is -0.140. The fraction of sp³-hybridized carbons (Fsp3) is 0.917. The zero-order valence-electron chi connectivity index (χ0n) is 11.8. The standard InChI is InChI=1S/C12H22N2O5S/c1-8-3-9(2)6-13(5-8)20(18,19)14-7-10(15)4-11(14)12(16)17/h8-11,15H,3-7H2,1-2H3,(H,16,17). The van der Waals surface area contributed by atoms with Crippen LogP contribution in [0.4, 0.5) is 0 Å². The topological polar surface area (TPSA) is 98.2 Å². The monoisotopic (exact) mass is 306 g/mol. The van der Waals surface area contributed by atoms with Crippen molar-refractivity contribution in [2.75, 3.05) is 19.6 Å². The molecule has 2 aliphatic rings. The Bertz CT molecular complexity index is 470. The Hall–Kier alpha value is -0.700. The van der Waals surface area contributed by atoms with Crippen LogP contribution in [0.25, 0.3) is 0 Å². The molecule has 20 heavy (non-hydrogen) atoms. The van der Waals surface area contributed by atoms with Gasteiger partial charge in [-0.1, -0.05) is 13.8 Å². The molecule has 0 aromatic heterocycles. The zero-order valence-corrected chi connectivity index (χ0v) is 12.6. The van der Waals surface area contributed by atoms with E-state index in [4.69, 9.17) is 5.11 Å². The number of nitrogens with zero attached hydrogens (tertiary/aromatic N) is 2. The number of β-amino-alcohol motifs (C(OH)–C–C–N with tert-alkyl or cyclic N) is 1. The van der Waals surface area contributed by atoms with Crippen molar-refractivity contribution in [3.8, 4) is 0 Å². The van der Waals surface area contributed by atoms with Gasteiger partial charge in [0.05, 0.1) is 6.10 Å². The maximum Gasteiger partial charge on any atom is 0.322 e. The van der Waals surface area contributed by atoms with E-state index in [9.17, 15) is 18.3 Å². The Morgan fingerprint density at radius 3 is 2.15 bits per heavy atom. The van der Waals surface area contributed by atoms with Gasteiger partial charge in [0.1, 0.15) is 6.04 Å². The van der Waals surface area contributed by atoms with Gasteiger partial charge >= 0.3 is 5.97 Å². The van der Waals surface area contributed by atoms with Gasteiger partial charge in [-0.05, 0) is 18.3 Å². The van der Waals surface area contributed by atoms with Gasteiger partial charge in [-0.15, -0.1) is 0 Å². The molecule has 8 heteroatoms. The molecule has 4 unspecified atom stereocenters. The van der Waals surface area contributed by atoms with Crippen molar-refractivity contribution < 1.29 is 23.4 Å². The molecule has 2 saturated heterocycles. The van der Waals surface area contributed by atoms with Crippen molar-refractivity contribution in [1.82, 2.24) is 8.61 Å². The fourth-order valence-electron chi connectivity index (χ4n) is 3.21. The van der Waals surface area contributed by atoms with Crippen molar-refractivity contribution in [3.05, 3.63) is 0 Å². The molecule has 0 radical (unpaired) electrons. The highest BCUT2D eigenvalue weighted by atomic mass is 32.2. The molecule has 0 bridgehead atoms. The summed E-state index contributed by atoms with van der Waals surface area (Å²) < 4.78 is 27.5. The quantitative estimate of drug-likeness (QED) is 0.748. The van der Waals surface area contributed by atoms with E-state index in [0.29, 0.717) is 13.1 Å². The summed E-state index contributed by atoms with van der Waals surface area (Å²) in [5.41, 5.74) is 0. The van der Waals surface area contributed by atoms with Crippen LogP contribution in [-0.4, -0.2) is 65.0 Å². The van der Waals surface area contributed by atoms with E-state index < -0.39 is 28.3 Å². The third kappa shape index (κ3) is 2.98. The fourth-order valence-corrected chi connectivity index (χ4v) is 5.25. The number of hydrogen-bond donors (Lipinski definition) is 2. The summed E-state index contributed by atoms with van der Waals surface area (Å²) in [5, 5.41) is 18.7. The highest BCUT2D eigenvalue weighted by molar-refractivity contribution is 7.86. The predicted molar refractivity (Wildman–Crippen MR) is 72.2 cm³/mol. The Balaban J connectivity index is 2.23. The van der Waals surface area contributed by atoms with Crippen LogP contribution < -0.4 is 0 Å². The van der Waals surface area contributed by atoms with Gasteiger partial charge in [-0.25, -0.2) is 0 Å². The SMILES string of the molecule is CC1CC(C)CN(S(=O)(=O)N2CC(O)CC2C(=O)O)C1. The summed E-state index contributed by atoms with van der Waals surface area (Å²) in [6.45, 7) is 4.66. The number of carboxylic acid groups (broad SMARTS) is 1. The zero-order chi connectivity index (χ0) is 15.1. The van der Waals surface area contributed by atoms with Crippen LogP contribution in [0, 0.1) is 11.8 Å². The first-order valence-corrected chi connectivity index (χ1v) is 8.29. The van der Waals surface area contributed by atoms with E-state index in [1.54, 1.807) is 0 Å². The van der Waals surface area contributed by atoms with Gasteiger partial charge in [0.2, 0.25) is 0 Å². The Labute approximate surface area is 119 Å². The maximum absolute atomic E-state index is 12.6. The minimum atomic E-state index is -3.83. The highest BCUT2D eigenvalue weighted by Crippen LogP contribution is 2.29. The summed E-state index contributed by atoms with van der Waals surface area (Å²) in [5.74, 6) is -0.697. The summed E-state index contributed by atoms with van der Waals surface area (Å²) >= 11 is 0. The molecule has 0 spiro atoms. The second-order valence-corrected chi connectivity index (χ2v) is 7.97. The molecule has 2 N–H and O–H groups in total. The molecule has 2 rings (SSSR count). The van der Waals surface area contributed by atoms with Crippen LogP contribution in [-0.2, 0) is 15.0 Å². The minimum Gasteiger partial charge on any atom is -0.480 e. The Kier molecular flexibility index (Phi) is 4.38. The highest BCUT2D eigenvalue weighted by Gasteiger charge is 2.46. The number of hydrogen-bond acceptors (Lipinski definition) is 4. The number of rotatable bonds is 3. The molecule has 2 fully saturated rings. The Morgan fingerprint density at radius 1 is 1.10 bits per heavy atom. The third-order valence-corrected chi connectivity index (χ3v) is 5.92. The number of carboxylic acids is 1. The molecular weight excluding hydrogens is 284 g/mol. The maximum atomic E-state index is 12.6. The first-order valence-electron chi connectivity index (χ1n) is 6.89. The molecule has 2 heterocycles. The van der Waals surface area contributed by atoms with Crippen LogP contribution in [0.5, 0.6) is 0 Å². The van der Waals surface area contributed by atoms with Gasteiger partial charge < -0.3 is 10.2 Å². The first kappa shape index (κ1) is 15.7. The van der Waals surface area contributed by atoms with Gasteiger partial charge in [0.15, 0.2) is 0 Å². The van der Waals surface area contributed by atoms with Crippen LogP contribution in [0.3, 0.4) is 0 Å². The average molecular weight is 306 g/mol. The normalized spacial score (nSPS) is 37.1. The van der Waals surface area contributed by atoms with Crippen LogP contribution in [0.15, 0.2) is 0 Å². The predicted octanol–water partition coefficient (Wildman–Crippen LogP) is -0.271. The van der Waals surface area contributed by atoms with Gasteiger partial charge in [0, 0.05) is 26.1 Å². The van der Waals surface area contributed by atoms with E-state index in [0.717, 1.165) is 10.7 Å². The van der Waals surface area contributed by atoms with Crippen molar-refractivity contribution in [2.45, 2.75) is 38.8 Å². The lowest BCUT2D eigenvalue weighted by atomic mass is 9.94. The van der Waals surface area contributed by atoms with Crippen molar-refractivity contribution in [3.63, 3.8) is 0 Å². The second-order valence-electron chi connectivity index (χ2n) is 6.08. The number of aliphatic hydroxyl groups is 1. The lowest BCUT2D eigenvalue weighted by Gasteiger charge is -2.37. The van der Waals surface area contributed by atoms with E-state index in [1.807, 2.05) is 13.8 Å². The third-order valence-electron chi connectivity index (χ3n) is 3.98. The molecule has 0 saturated carbocycles. The van der Waals surface area contributed by atoms with Crippen molar-refractivity contribution in [1.29, 1.82) is 0 Å². The minimum absolute atomic E-state index is 0.0481. The molecule has 116 valence electrons. The molecule has 0 aromatic rings. The molecular formula is C12H22N2O5S. The van der Waals surface area contributed by atoms with Gasteiger partial charge in [-0.3, -0.25) is 4.79 Å². The molecule has 0 aromatic carbocycles. The van der Waals surface area contributed by atoms with Crippen molar-refractivity contribution >= 4 is 16.2 Å². The first-order chi connectivity index (χ1) is 9.21. The summed E-state index contributed by atoms with van der Waals surface area (Å²) in [7, 11) is -3.83. The largest absolute Gasteiger partial charge is 0.480 e. The summed E-state index contributed by atoms with van der Waals surface area (Å²) in [6.07, 6.45) is 0.00958. The number of piperidine rings is 1. The number of aliphatic hydroxyl groups excluding tert-OH is 1. The van der Waals surface area contributed by atoms with E-state index >= 15 is 0 Å².